The molecular formula is C10H16N4O2. The average molecular weight is 224 g/mol. The highest BCUT2D eigenvalue weighted by Crippen LogP contribution is 2.05. The minimum Gasteiger partial charge on any atom is -0.382 e. The lowest BCUT2D eigenvalue weighted by molar-refractivity contribution is -0.121. The smallest absolute Gasteiger partial charge is 0.277 e. The number of amides is 1. The van der Waals surface area contributed by atoms with E-state index in [1.807, 2.05) is 0 Å². The number of carbonyl (C=O) groups excluding carboxylic acids is 1. The minimum atomic E-state index is -0.226. The highest BCUT2D eigenvalue weighted by molar-refractivity contribution is 5.75. The van der Waals surface area contributed by atoms with Crippen molar-refractivity contribution in [3.05, 3.63) is 21.9 Å². The summed E-state index contributed by atoms with van der Waals surface area (Å²) in [6.45, 7) is 3.45. The van der Waals surface area contributed by atoms with Gasteiger partial charge in [-0.15, -0.1) is 0 Å². The summed E-state index contributed by atoms with van der Waals surface area (Å²) in [4.78, 5) is 27.4. The summed E-state index contributed by atoms with van der Waals surface area (Å²) in [6, 6.07) is 0. The molecule has 6 heteroatoms. The second kappa shape index (κ2) is 4.78. The van der Waals surface area contributed by atoms with Crippen molar-refractivity contribution in [2.24, 2.45) is 0 Å². The molecule has 0 aromatic carbocycles. The van der Waals surface area contributed by atoms with Gasteiger partial charge in [0.05, 0.1) is 5.69 Å². The largest absolute Gasteiger partial charge is 0.382 e. The van der Waals surface area contributed by atoms with Crippen molar-refractivity contribution in [1.29, 1.82) is 0 Å². The first kappa shape index (κ1) is 12.2. The molecule has 0 bridgehead atoms. The maximum absolute atomic E-state index is 12.0. The lowest BCUT2D eigenvalue weighted by Gasteiger charge is -2.12. The number of aryl methyl sites for hydroxylation is 2. The second-order valence-corrected chi connectivity index (χ2v) is 3.43. The van der Waals surface area contributed by atoms with Crippen molar-refractivity contribution < 1.29 is 4.79 Å². The normalized spacial score (nSPS) is 10.0. The van der Waals surface area contributed by atoms with Gasteiger partial charge in [-0.05, 0) is 13.8 Å². The van der Waals surface area contributed by atoms with Crippen molar-refractivity contribution in [3.63, 3.8) is 0 Å². The van der Waals surface area contributed by atoms with Crippen molar-refractivity contribution in [2.45, 2.75) is 20.4 Å². The first-order valence-electron chi connectivity index (χ1n) is 4.97. The maximum atomic E-state index is 12.0. The summed E-state index contributed by atoms with van der Waals surface area (Å²) >= 11 is 0. The van der Waals surface area contributed by atoms with Crippen LogP contribution in [0.3, 0.4) is 0 Å². The zero-order valence-electron chi connectivity index (χ0n) is 9.92. The summed E-state index contributed by atoms with van der Waals surface area (Å²) in [5.41, 5.74) is 0.837. The van der Waals surface area contributed by atoms with Crippen LogP contribution in [0.2, 0.25) is 0 Å². The Morgan fingerprint density at radius 3 is 2.50 bits per heavy atom. The zero-order chi connectivity index (χ0) is 12.3. The van der Waals surface area contributed by atoms with Crippen LogP contribution in [-0.2, 0) is 11.3 Å². The minimum absolute atomic E-state index is 0.0108. The fourth-order valence-electron chi connectivity index (χ4n) is 1.49. The summed E-state index contributed by atoms with van der Waals surface area (Å²) in [6.07, 6.45) is 0. The molecule has 6 nitrogen and oxygen atoms in total. The van der Waals surface area contributed by atoms with Crippen molar-refractivity contribution in [3.8, 4) is 0 Å². The SMILES string of the molecule is CNC(=O)Cn1c(C)nc(C)c(NC)c1=O. The molecule has 1 amide bonds. The number of rotatable bonds is 3. The molecule has 2 N–H and O–H groups in total. The van der Waals surface area contributed by atoms with E-state index >= 15 is 0 Å². The third-order valence-electron chi connectivity index (χ3n) is 2.37. The molecule has 0 aliphatic carbocycles. The quantitative estimate of drug-likeness (QED) is 0.735. The Morgan fingerprint density at radius 1 is 1.38 bits per heavy atom. The highest BCUT2D eigenvalue weighted by Gasteiger charge is 2.12. The van der Waals surface area contributed by atoms with E-state index in [9.17, 15) is 9.59 Å². The Hall–Kier alpha value is -1.85. The van der Waals surface area contributed by atoms with E-state index in [1.165, 1.54) is 11.6 Å². The lowest BCUT2D eigenvalue weighted by Crippen LogP contribution is -2.33. The molecule has 1 heterocycles. The number of aromatic nitrogens is 2. The molecule has 0 spiro atoms. The summed E-state index contributed by atoms with van der Waals surface area (Å²) in [7, 11) is 3.19. The molecule has 0 aliphatic heterocycles. The Bertz CT molecular complexity index is 465. The molecule has 0 atom stereocenters. The maximum Gasteiger partial charge on any atom is 0.277 e. The van der Waals surface area contributed by atoms with Crippen LogP contribution in [-0.4, -0.2) is 29.6 Å². The van der Waals surface area contributed by atoms with E-state index in [-0.39, 0.29) is 18.0 Å². The average Bonchev–Trinajstić information content (AvgIpc) is 2.24. The van der Waals surface area contributed by atoms with E-state index in [2.05, 4.69) is 15.6 Å². The molecule has 0 saturated heterocycles. The van der Waals surface area contributed by atoms with Crippen LogP contribution < -0.4 is 16.2 Å². The molecule has 0 radical (unpaired) electrons. The fourth-order valence-corrected chi connectivity index (χ4v) is 1.49. The van der Waals surface area contributed by atoms with E-state index in [0.717, 1.165) is 0 Å². The monoisotopic (exact) mass is 224 g/mol. The molecule has 88 valence electrons. The third kappa shape index (κ3) is 2.21. The van der Waals surface area contributed by atoms with E-state index in [0.29, 0.717) is 17.2 Å². The summed E-state index contributed by atoms with van der Waals surface area (Å²) in [5.74, 6) is 0.308. The molecule has 1 aromatic rings. The van der Waals surface area contributed by atoms with Crippen molar-refractivity contribution >= 4 is 11.6 Å². The van der Waals surface area contributed by atoms with Gasteiger partial charge in [-0.1, -0.05) is 0 Å². The molecule has 0 aliphatic rings. The number of nitrogens with one attached hydrogen (secondary N) is 2. The predicted molar refractivity (Wildman–Crippen MR) is 61.6 cm³/mol. The molecule has 0 fully saturated rings. The van der Waals surface area contributed by atoms with Crippen LogP contribution in [0.15, 0.2) is 4.79 Å². The zero-order valence-corrected chi connectivity index (χ0v) is 9.92. The first-order valence-corrected chi connectivity index (χ1v) is 4.97. The van der Waals surface area contributed by atoms with Gasteiger partial charge in [0.15, 0.2) is 0 Å². The number of carbonyl (C=O) groups is 1. The van der Waals surface area contributed by atoms with Crippen LogP contribution >= 0.6 is 0 Å². The van der Waals surface area contributed by atoms with Gasteiger partial charge < -0.3 is 10.6 Å². The van der Waals surface area contributed by atoms with Crippen LogP contribution in [0.1, 0.15) is 11.5 Å². The summed E-state index contributed by atoms with van der Waals surface area (Å²) in [5, 5.41) is 5.27. The van der Waals surface area contributed by atoms with Gasteiger partial charge in [-0.3, -0.25) is 14.2 Å². The number of nitrogens with zero attached hydrogens (tertiary/aromatic N) is 2. The Kier molecular flexibility index (Phi) is 3.65. The number of anilines is 1. The van der Waals surface area contributed by atoms with E-state index in [1.54, 1.807) is 20.9 Å². The van der Waals surface area contributed by atoms with Crippen LogP contribution in [0.25, 0.3) is 0 Å². The molecule has 0 saturated carbocycles. The Labute approximate surface area is 93.7 Å². The standard InChI is InChI=1S/C10H16N4O2/c1-6-9(12-4)10(16)14(7(2)13-6)5-8(15)11-3/h12H,5H2,1-4H3,(H,11,15). The molecule has 1 rings (SSSR count). The molecule has 0 unspecified atom stereocenters. The van der Waals surface area contributed by atoms with E-state index in [4.69, 9.17) is 0 Å². The lowest BCUT2D eigenvalue weighted by atomic mass is 10.3. The van der Waals surface area contributed by atoms with Gasteiger partial charge in [0, 0.05) is 14.1 Å². The summed E-state index contributed by atoms with van der Waals surface area (Å²) < 4.78 is 1.34. The van der Waals surface area contributed by atoms with Crippen LogP contribution in [0.4, 0.5) is 5.69 Å². The second-order valence-electron chi connectivity index (χ2n) is 3.43. The van der Waals surface area contributed by atoms with Gasteiger partial charge >= 0.3 is 0 Å². The molecular weight excluding hydrogens is 208 g/mol. The molecule has 1 aromatic heterocycles. The van der Waals surface area contributed by atoms with Crippen molar-refractivity contribution in [1.82, 2.24) is 14.9 Å². The Balaban J connectivity index is 3.29. The predicted octanol–water partition coefficient (Wildman–Crippen LogP) is -0.352. The first-order chi connectivity index (χ1) is 7.51. The van der Waals surface area contributed by atoms with Gasteiger partial charge in [0.1, 0.15) is 18.1 Å². The Morgan fingerprint density at radius 2 is 2.00 bits per heavy atom. The van der Waals surface area contributed by atoms with Crippen molar-refractivity contribution in [2.75, 3.05) is 19.4 Å². The van der Waals surface area contributed by atoms with Gasteiger partial charge in [-0.2, -0.15) is 0 Å². The highest BCUT2D eigenvalue weighted by atomic mass is 16.2. The van der Waals surface area contributed by atoms with Gasteiger partial charge in [0.25, 0.3) is 5.56 Å². The third-order valence-corrected chi connectivity index (χ3v) is 2.37. The topological polar surface area (TPSA) is 76.0 Å². The van der Waals surface area contributed by atoms with Crippen LogP contribution in [0, 0.1) is 13.8 Å². The van der Waals surface area contributed by atoms with Gasteiger partial charge in [0.2, 0.25) is 5.91 Å². The number of likely N-dealkylation sites (N-methyl/N-ethyl adjacent to an activating group) is 1. The van der Waals surface area contributed by atoms with Gasteiger partial charge in [-0.25, -0.2) is 4.98 Å². The fraction of sp³-hybridized carbons (Fsp3) is 0.500. The van der Waals surface area contributed by atoms with Crippen LogP contribution in [0.5, 0.6) is 0 Å². The number of hydrogen-bond acceptors (Lipinski definition) is 4. The number of hydrogen-bond donors (Lipinski definition) is 2. The molecule has 16 heavy (non-hydrogen) atoms. The van der Waals surface area contributed by atoms with E-state index < -0.39 is 0 Å².